The van der Waals surface area contributed by atoms with E-state index >= 15 is 0 Å². The maximum Gasteiger partial charge on any atom is 0.416 e. The molecule has 34 heavy (non-hydrogen) atoms. The molecule has 5 rings (SSSR count). The Morgan fingerprint density at radius 1 is 0.765 bits per heavy atom. The second-order valence-corrected chi connectivity index (χ2v) is 8.76. The SMILES string of the molecule is Cc1cc(N2CCN(C(c3ccccc3)c3ccccc3)CC2)c2ccc(C(F)(F)F)cc2n1. The number of alkyl halides is 3. The molecule has 4 aromatic rings. The molecule has 0 atom stereocenters. The van der Waals surface area contributed by atoms with Crippen molar-refractivity contribution < 1.29 is 13.2 Å². The molecule has 1 saturated heterocycles. The largest absolute Gasteiger partial charge is 0.416 e. The summed E-state index contributed by atoms with van der Waals surface area (Å²) in [6, 6.07) is 27.0. The van der Waals surface area contributed by atoms with Crippen LogP contribution in [0.5, 0.6) is 0 Å². The van der Waals surface area contributed by atoms with Gasteiger partial charge in [-0.05, 0) is 36.2 Å². The van der Waals surface area contributed by atoms with Crippen molar-refractivity contribution >= 4 is 16.6 Å². The molecule has 3 nitrogen and oxygen atoms in total. The van der Waals surface area contributed by atoms with Gasteiger partial charge in [0, 0.05) is 42.9 Å². The number of benzene rings is 3. The van der Waals surface area contributed by atoms with Crippen LogP contribution in [0, 0.1) is 6.92 Å². The zero-order chi connectivity index (χ0) is 23.7. The predicted molar refractivity (Wildman–Crippen MR) is 130 cm³/mol. The van der Waals surface area contributed by atoms with Gasteiger partial charge in [-0.15, -0.1) is 0 Å². The molecule has 0 unspecified atom stereocenters. The maximum absolute atomic E-state index is 13.2. The summed E-state index contributed by atoms with van der Waals surface area (Å²) in [5.74, 6) is 0. The minimum absolute atomic E-state index is 0.162. The monoisotopic (exact) mass is 461 g/mol. The van der Waals surface area contributed by atoms with Crippen molar-refractivity contribution in [2.75, 3.05) is 31.1 Å². The van der Waals surface area contributed by atoms with Gasteiger partial charge in [0.15, 0.2) is 0 Å². The molecule has 0 saturated carbocycles. The van der Waals surface area contributed by atoms with Crippen LogP contribution < -0.4 is 4.90 Å². The van der Waals surface area contributed by atoms with Crippen LogP contribution in [0.3, 0.4) is 0 Å². The number of nitrogens with zero attached hydrogens (tertiary/aromatic N) is 3. The van der Waals surface area contributed by atoms with Crippen molar-refractivity contribution in [3.63, 3.8) is 0 Å². The first-order chi connectivity index (χ1) is 16.4. The highest BCUT2D eigenvalue weighted by atomic mass is 19.4. The lowest BCUT2D eigenvalue weighted by Gasteiger charge is -2.41. The summed E-state index contributed by atoms with van der Waals surface area (Å²) in [6.45, 7) is 5.10. The van der Waals surface area contributed by atoms with Gasteiger partial charge in [0.1, 0.15) is 0 Å². The molecule has 1 aliphatic heterocycles. The number of pyridine rings is 1. The molecular weight excluding hydrogens is 435 g/mol. The van der Waals surface area contributed by atoms with Gasteiger partial charge in [-0.1, -0.05) is 66.7 Å². The van der Waals surface area contributed by atoms with E-state index in [-0.39, 0.29) is 6.04 Å². The summed E-state index contributed by atoms with van der Waals surface area (Å²) >= 11 is 0. The Bertz CT molecular complexity index is 1230. The van der Waals surface area contributed by atoms with Gasteiger partial charge >= 0.3 is 6.18 Å². The lowest BCUT2D eigenvalue weighted by molar-refractivity contribution is -0.137. The smallest absolute Gasteiger partial charge is 0.368 e. The van der Waals surface area contributed by atoms with Crippen molar-refractivity contribution in [2.24, 2.45) is 0 Å². The lowest BCUT2D eigenvalue weighted by atomic mass is 9.96. The summed E-state index contributed by atoms with van der Waals surface area (Å²) < 4.78 is 39.7. The Morgan fingerprint density at radius 3 is 1.91 bits per heavy atom. The molecule has 1 aliphatic rings. The number of piperazine rings is 1. The Balaban J connectivity index is 1.42. The van der Waals surface area contributed by atoms with Crippen LogP contribution in [0.25, 0.3) is 10.9 Å². The van der Waals surface area contributed by atoms with Gasteiger partial charge in [-0.25, -0.2) is 0 Å². The van der Waals surface area contributed by atoms with Crippen LogP contribution in [0.4, 0.5) is 18.9 Å². The standard InChI is InChI=1S/C28H26F3N3/c1-20-18-26(24-13-12-23(28(29,30)31)19-25(24)32-20)33-14-16-34(17-15-33)27(21-8-4-2-5-9-21)22-10-6-3-7-11-22/h2-13,18-19,27H,14-17H2,1H3. The van der Waals surface area contributed by atoms with E-state index in [0.717, 1.165) is 55.1 Å². The summed E-state index contributed by atoms with van der Waals surface area (Å²) in [6.07, 6.45) is -4.38. The van der Waals surface area contributed by atoms with Gasteiger partial charge in [0.25, 0.3) is 0 Å². The quantitative estimate of drug-likeness (QED) is 0.347. The zero-order valence-corrected chi connectivity index (χ0v) is 19.0. The molecule has 0 amide bonds. The van der Waals surface area contributed by atoms with Gasteiger partial charge < -0.3 is 4.90 Å². The highest BCUT2D eigenvalue weighted by Gasteiger charge is 2.31. The van der Waals surface area contributed by atoms with E-state index in [1.54, 1.807) is 6.07 Å². The van der Waals surface area contributed by atoms with Crippen LogP contribution in [-0.2, 0) is 6.18 Å². The molecule has 0 bridgehead atoms. The molecule has 0 radical (unpaired) electrons. The fourth-order valence-electron chi connectivity index (χ4n) is 4.88. The van der Waals surface area contributed by atoms with Crippen LogP contribution in [0.15, 0.2) is 84.9 Å². The van der Waals surface area contributed by atoms with Gasteiger partial charge in [-0.2, -0.15) is 13.2 Å². The molecular formula is C28H26F3N3. The molecule has 0 N–H and O–H groups in total. The minimum atomic E-state index is -4.38. The molecule has 3 aromatic carbocycles. The number of halogens is 3. The van der Waals surface area contributed by atoms with E-state index < -0.39 is 11.7 Å². The van der Waals surface area contributed by atoms with E-state index in [1.165, 1.54) is 11.1 Å². The molecule has 2 heterocycles. The Hall–Kier alpha value is -3.38. The number of anilines is 1. The number of hydrogen-bond acceptors (Lipinski definition) is 3. The molecule has 0 aliphatic carbocycles. The van der Waals surface area contributed by atoms with Crippen LogP contribution in [0.1, 0.15) is 28.4 Å². The predicted octanol–water partition coefficient (Wildman–Crippen LogP) is 6.47. The highest BCUT2D eigenvalue weighted by Crippen LogP contribution is 2.35. The lowest BCUT2D eigenvalue weighted by Crippen LogP contribution is -2.48. The van der Waals surface area contributed by atoms with Crippen molar-refractivity contribution in [2.45, 2.75) is 19.1 Å². The van der Waals surface area contributed by atoms with Gasteiger partial charge in [0.2, 0.25) is 0 Å². The summed E-state index contributed by atoms with van der Waals surface area (Å²) in [5.41, 5.74) is 3.91. The third-order valence-electron chi connectivity index (χ3n) is 6.49. The van der Waals surface area contributed by atoms with Crippen molar-refractivity contribution in [3.05, 3.63) is 107 Å². The summed E-state index contributed by atoms with van der Waals surface area (Å²) in [4.78, 5) is 9.15. The Labute approximate surface area is 197 Å². The fraction of sp³-hybridized carbons (Fsp3) is 0.250. The number of aryl methyl sites for hydroxylation is 1. The topological polar surface area (TPSA) is 19.4 Å². The molecule has 0 spiro atoms. The zero-order valence-electron chi connectivity index (χ0n) is 19.0. The average Bonchev–Trinajstić information content (AvgIpc) is 2.84. The summed E-state index contributed by atoms with van der Waals surface area (Å²) in [5, 5.41) is 0.759. The molecule has 1 aromatic heterocycles. The number of aromatic nitrogens is 1. The first kappa shape index (κ1) is 22.4. The third kappa shape index (κ3) is 4.50. The maximum atomic E-state index is 13.2. The average molecular weight is 462 g/mol. The minimum Gasteiger partial charge on any atom is -0.368 e. The number of fused-ring (bicyclic) bond motifs is 1. The first-order valence-electron chi connectivity index (χ1n) is 11.5. The Morgan fingerprint density at radius 2 is 1.35 bits per heavy atom. The second-order valence-electron chi connectivity index (χ2n) is 8.76. The van der Waals surface area contributed by atoms with Crippen LogP contribution in [-0.4, -0.2) is 36.1 Å². The van der Waals surface area contributed by atoms with Gasteiger partial charge in [0.05, 0.1) is 17.1 Å². The van der Waals surface area contributed by atoms with Gasteiger partial charge in [-0.3, -0.25) is 9.88 Å². The molecule has 6 heteroatoms. The Kier molecular flexibility index (Phi) is 6.00. The van der Waals surface area contributed by atoms with Crippen molar-refractivity contribution in [1.29, 1.82) is 0 Å². The molecule has 1 fully saturated rings. The number of rotatable bonds is 4. The van der Waals surface area contributed by atoms with E-state index in [2.05, 4.69) is 63.3 Å². The van der Waals surface area contributed by atoms with Crippen LogP contribution in [0.2, 0.25) is 0 Å². The van der Waals surface area contributed by atoms with E-state index in [4.69, 9.17) is 0 Å². The van der Waals surface area contributed by atoms with E-state index in [9.17, 15) is 13.2 Å². The number of hydrogen-bond donors (Lipinski definition) is 0. The van der Waals surface area contributed by atoms with Crippen molar-refractivity contribution in [1.82, 2.24) is 9.88 Å². The highest BCUT2D eigenvalue weighted by molar-refractivity contribution is 5.92. The van der Waals surface area contributed by atoms with E-state index in [1.807, 2.05) is 25.1 Å². The normalized spacial score (nSPS) is 15.3. The third-order valence-corrected chi connectivity index (χ3v) is 6.49. The van der Waals surface area contributed by atoms with E-state index in [0.29, 0.717) is 5.52 Å². The molecule has 174 valence electrons. The summed E-state index contributed by atoms with van der Waals surface area (Å²) in [7, 11) is 0. The first-order valence-corrected chi connectivity index (χ1v) is 11.5. The second kappa shape index (κ2) is 9.11. The fourth-order valence-corrected chi connectivity index (χ4v) is 4.88. The van der Waals surface area contributed by atoms with Crippen molar-refractivity contribution in [3.8, 4) is 0 Å². The van der Waals surface area contributed by atoms with Crippen LogP contribution >= 0.6 is 0 Å².